The van der Waals surface area contributed by atoms with Gasteiger partial charge in [-0.15, -0.1) is 0 Å². The fourth-order valence-electron chi connectivity index (χ4n) is 2.24. The number of H-pyrrole nitrogens is 1. The molecule has 128 valence electrons. The van der Waals surface area contributed by atoms with Crippen molar-refractivity contribution in [3.63, 3.8) is 0 Å². The Bertz CT molecular complexity index is 867. The molecule has 3 rings (SSSR count). The lowest BCUT2D eigenvalue weighted by molar-refractivity contribution is 0.0462. The number of ether oxygens (including phenoxy) is 2. The molecule has 1 aromatic carbocycles. The summed E-state index contributed by atoms with van der Waals surface area (Å²) in [5, 5.41) is 6.74. The molecule has 0 radical (unpaired) electrons. The Morgan fingerprint density at radius 1 is 1.20 bits per heavy atom. The number of benzene rings is 1. The van der Waals surface area contributed by atoms with Crippen LogP contribution in [-0.4, -0.2) is 35.2 Å². The fourth-order valence-corrected chi connectivity index (χ4v) is 2.24. The van der Waals surface area contributed by atoms with Crippen LogP contribution in [0, 0.1) is 0 Å². The molecule has 25 heavy (non-hydrogen) atoms. The second kappa shape index (κ2) is 7.48. The van der Waals surface area contributed by atoms with Gasteiger partial charge in [0.15, 0.2) is 12.4 Å². The monoisotopic (exact) mass is 340 g/mol. The van der Waals surface area contributed by atoms with E-state index in [1.54, 1.807) is 12.1 Å². The molecule has 0 saturated heterocycles. The minimum Gasteiger partial charge on any atom is -0.493 e. The van der Waals surface area contributed by atoms with Gasteiger partial charge in [-0.2, -0.15) is 5.10 Å². The van der Waals surface area contributed by atoms with Crippen molar-refractivity contribution in [2.24, 2.45) is 0 Å². The molecule has 3 aromatic rings. The first-order chi connectivity index (χ1) is 12.2. The van der Waals surface area contributed by atoms with Gasteiger partial charge in [0.05, 0.1) is 18.6 Å². The van der Waals surface area contributed by atoms with Gasteiger partial charge in [0, 0.05) is 5.56 Å². The van der Waals surface area contributed by atoms with Crippen molar-refractivity contribution >= 4 is 11.8 Å². The van der Waals surface area contributed by atoms with Gasteiger partial charge in [-0.1, -0.05) is 12.1 Å². The number of aromatic nitrogens is 2. The molecule has 0 atom stereocenters. The van der Waals surface area contributed by atoms with E-state index in [0.717, 1.165) is 5.56 Å². The molecule has 0 spiro atoms. The van der Waals surface area contributed by atoms with Crippen molar-refractivity contribution in [3.8, 4) is 17.0 Å². The molecule has 2 aromatic heterocycles. The Labute approximate surface area is 143 Å². The van der Waals surface area contributed by atoms with Crippen molar-refractivity contribution in [1.82, 2.24) is 10.2 Å². The number of nitrogens with zero attached hydrogens (tertiary/aromatic N) is 1. The largest absolute Gasteiger partial charge is 0.493 e. The van der Waals surface area contributed by atoms with Crippen LogP contribution in [-0.2, 0) is 4.74 Å². The standard InChI is InChI=1S/C18H16N2O5/c1-2-23-16-7-4-3-6-12(16)13-10-14(20-19-13)18(22)25-11-15(21)17-8-5-9-24-17/h3-10H,2,11H2,1H3,(H,19,20). The van der Waals surface area contributed by atoms with Gasteiger partial charge in [-0.25, -0.2) is 4.79 Å². The van der Waals surface area contributed by atoms with Crippen LogP contribution in [0.1, 0.15) is 28.0 Å². The Balaban J connectivity index is 1.69. The van der Waals surface area contributed by atoms with Crippen LogP contribution in [0.2, 0.25) is 0 Å². The molecule has 0 unspecified atom stereocenters. The van der Waals surface area contributed by atoms with Crippen LogP contribution in [0.4, 0.5) is 0 Å². The van der Waals surface area contributed by atoms with Crippen LogP contribution < -0.4 is 4.74 Å². The van der Waals surface area contributed by atoms with E-state index in [2.05, 4.69) is 10.2 Å². The lowest BCUT2D eigenvalue weighted by Gasteiger charge is -2.07. The zero-order chi connectivity index (χ0) is 17.6. The molecule has 0 amide bonds. The van der Waals surface area contributed by atoms with Crippen LogP contribution in [0.25, 0.3) is 11.3 Å². The predicted octanol–water partition coefficient (Wildman–Crippen LogP) is 3.11. The number of para-hydroxylation sites is 1. The van der Waals surface area contributed by atoms with Gasteiger partial charge in [0.25, 0.3) is 0 Å². The number of aromatic amines is 1. The first-order valence-corrected chi connectivity index (χ1v) is 7.70. The zero-order valence-electron chi connectivity index (χ0n) is 13.5. The summed E-state index contributed by atoms with van der Waals surface area (Å²) >= 11 is 0. The first-order valence-electron chi connectivity index (χ1n) is 7.70. The van der Waals surface area contributed by atoms with Crippen LogP contribution in [0.3, 0.4) is 0 Å². The Morgan fingerprint density at radius 3 is 2.80 bits per heavy atom. The molecular formula is C18H16N2O5. The number of carbonyl (C=O) groups excluding carboxylic acids is 2. The number of carbonyl (C=O) groups is 2. The van der Waals surface area contributed by atoms with Crippen LogP contribution in [0.5, 0.6) is 5.75 Å². The summed E-state index contributed by atoms with van der Waals surface area (Å²) in [5.41, 5.74) is 1.45. The molecule has 0 aliphatic carbocycles. The summed E-state index contributed by atoms with van der Waals surface area (Å²) in [5.74, 6) is -0.277. The van der Waals surface area contributed by atoms with Crippen molar-refractivity contribution in [2.75, 3.05) is 13.2 Å². The normalized spacial score (nSPS) is 10.4. The van der Waals surface area contributed by atoms with Gasteiger partial charge in [0.2, 0.25) is 5.78 Å². The summed E-state index contributed by atoms with van der Waals surface area (Å²) < 4.78 is 15.5. The van der Waals surface area contributed by atoms with Crippen LogP contribution in [0.15, 0.2) is 53.1 Å². The molecule has 1 N–H and O–H groups in total. The van der Waals surface area contributed by atoms with E-state index in [1.807, 2.05) is 31.2 Å². The SMILES string of the molecule is CCOc1ccccc1-c1cc(C(=O)OCC(=O)c2ccco2)[nH]n1. The third-order valence-corrected chi connectivity index (χ3v) is 3.39. The molecule has 0 bridgehead atoms. The topological polar surface area (TPSA) is 94.4 Å². The van der Waals surface area contributed by atoms with Gasteiger partial charge in [-0.3, -0.25) is 9.89 Å². The quantitative estimate of drug-likeness (QED) is 0.524. The number of rotatable bonds is 7. The molecular weight excluding hydrogens is 324 g/mol. The summed E-state index contributed by atoms with van der Waals surface area (Å²) in [6.45, 7) is 2.00. The number of Topliss-reactive ketones (excluding diaryl/α,β-unsaturated/α-hetero) is 1. The van der Waals surface area contributed by atoms with Gasteiger partial charge >= 0.3 is 5.97 Å². The first kappa shape index (κ1) is 16.5. The molecule has 7 heteroatoms. The second-order valence-electron chi connectivity index (χ2n) is 5.07. The fraction of sp³-hybridized carbons (Fsp3) is 0.167. The van der Waals surface area contributed by atoms with E-state index < -0.39 is 18.4 Å². The van der Waals surface area contributed by atoms with Crippen molar-refractivity contribution in [3.05, 3.63) is 60.2 Å². The van der Waals surface area contributed by atoms with E-state index in [0.29, 0.717) is 18.1 Å². The number of esters is 1. The van der Waals surface area contributed by atoms with E-state index in [-0.39, 0.29) is 11.5 Å². The van der Waals surface area contributed by atoms with E-state index in [9.17, 15) is 9.59 Å². The highest BCUT2D eigenvalue weighted by atomic mass is 16.5. The van der Waals surface area contributed by atoms with Crippen molar-refractivity contribution in [2.45, 2.75) is 6.92 Å². The highest BCUT2D eigenvalue weighted by Crippen LogP contribution is 2.28. The second-order valence-corrected chi connectivity index (χ2v) is 5.07. The Morgan fingerprint density at radius 2 is 2.04 bits per heavy atom. The van der Waals surface area contributed by atoms with Gasteiger partial charge in [0.1, 0.15) is 11.4 Å². The third-order valence-electron chi connectivity index (χ3n) is 3.39. The maximum atomic E-state index is 12.1. The lowest BCUT2D eigenvalue weighted by Crippen LogP contribution is -2.14. The van der Waals surface area contributed by atoms with E-state index in [1.165, 1.54) is 12.3 Å². The summed E-state index contributed by atoms with van der Waals surface area (Å²) in [6, 6.07) is 12.0. The lowest BCUT2D eigenvalue weighted by atomic mass is 10.1. The minimum atomic E-state index is -0.674. The maximum absolute atomic E-state index is 12.1. The molecule has 0 saturated carbocycles. The number of hydrogen-bond donors (Lipinski definition) is 1. The predicted molar refractivity (Wildman–Crippen MR) is 88.5 cm³/mol. The van der Waals surface area contributed by atoms with Gasteiger partial charge < -0.3 is 13.9 Å². The smallest absolute Gasteiger partial charge is 0.356 e. The number of ketones is 1. The average molecular weight is 340 g/mol. The third kappa shape index (κ3) is 3.77. The number of hydrogen-bond acceptors (Lipinski definition) is 6. The number of nitrogens with one attached hydrogen (secondary N) is 1. The molecule has 0 aliphatic heterocycles. The van der Waals surface area contributed by atoms with E-state index >= 15 is 0 Å². The molecule has 7 nitrogen and oxygen atoms in total. The minimum absolute atomic E-state index is 0.142. The maximum Gasteiger partial charge on any atom is 0.356 e. The Hall–Kier alpha value is -3.35. The molecule has 2 heterocycles. The summed E-state index contributed by atoms with van der Waals surface area (Å²) in [7, 11) is 0. The highest BCUT2D eigenvalue weighted by molar-refractivity contribution is 5.97. The summed E-state index contributed by atoms with van der Waals surface area (Å²) in [4.78, 5) is 23.8. The van der Waals surface area contributed by atoms with Crippen molar-refractivity contribution < 1.29 is 23.5 Å². The summed E-state index contributed by atoms with van der Waals surface area (Å²) in [6.07, 6.45) is 1.38. The molecule has 0 fully saturated rings. The average Bonchev–Trinajstić information content (AvgIpc) is 3.32. The van der Waals surface area contributed by atoms with E-state index in [4.69, 9.17) is 13.9 Å². The number of furan rings is 1. The van der Waals surface area contributed by atoms with Gasteiger partial charge in [-0.05, 0) is 37.3 Å². The highest BCUT2D eigenvalue weighted by Gasteiger charge is 2.17. The Kier molecular flexibility index (Phi) is 4.94. The van der Waals surface area contributed by atoms with Crippen LogP contribution >= 0.6 is 0 Å². The molecule has 0 aliphatic rings. The zero-order valence-corrected chi connectivity index (χ0v) is 13.5. The van der Waals surface area contributed by atoms with Crippen molar-refractivity contribution in [1.29, 1.82) is 0 Å².